The molecule has 3 aromatic carbocycles. The average molecular weight is 456 g/mol. The number of anilines is 6. The van der Waals surface area contributed by atoms with Crippen LogP contribution in [0.2, 0.25) is 0 Å². The highest BCUT2D eigenvalue weighted by molar-refractivity contribution is 5.83. The van der Waals surface area contributed by atoms with E-state index in [0.717, 1.165) is 6.08 Å². The summed E-state index contributed by atoms with van der Waals surface area (Å²) in [5.74, 6) is 0.489. The predicted octanol–water partition coefficient (Wildman–Crippen LogP) is 4.61. The summed E-state index contributed by atoms with van der Waals surface area (Å²) >= 11 is 0. The highest BCUT2D eigenvalue weighted by Gasteiger charge is 2.10. The third-order valence-corrected chi connectivity index (χ3v) is 4.32. The Morgan fingerprint density at radius 2 is 1.18 bits per heavy atom. The van der Waals surface area contributed by atoms with Crippen LogP contribution in [0.15, 0.2) is 85.5 Å². The summed E-state index contributed by atoms with van der Waals surface area (Å²) in [6.45, 7) is 3.38. The van der Waals surface area contributed by atoms with Crippen molar-refractivity contribution in [3.8, 4) is 17.2 Å². The molecule has 0 atom stereocenters. The topological polar surface area (TPSA) is 142 Å². The van der Waals surface area contributed by atoms with Gasteiger partial charge in [-0.2, -0.15) is 15.0 Å². The minimum absolute atomic E-state index is 0.0846. The summed E-state index contributed by atoms with van der Waals surface area (Å²) in [5.41, 5.74) is 1.70. The fraction of sp³-hybridized carbons (Fsp3) is 0. The monoisotopic (exact) mass is 456 g/mol. The van der Waals surface area contributed by atoms with E-state index in [0.29, 0.717) is 22.8 Å². The third-order valence-electron chi connectivity index (χ3n) is 4.32. The van der Waals surface area contributed by atoms with E-state index in [4.69, 9.17) is 4.74 Å². The third kappa shape index (κ3) is 5.98. The van der Waals surface area contributed by atoms with Crippen molar-refractivity contribution in [1.82, 2.24) is 15.0 Å². The summed E-state index contributed by atoms with van der Waals surface area (Å²) in [4.78, 5) is 24.6. The zero-order valence-corrected chi connectivity index (χ0v) is 17.8. The summed E-state index contributed by atoms with van der Waals surface area (Å²) < 4.78 is 5.15. The Kier molecular flexibility index (Phi) is 6.50. The number of rotatable bonds is 8. The molecule has 5 N–H and O–H groups in total. The molecule has 0 unspecified atom stereocenters. The van der Waals surface area contributed by atoms with E-state index in [1.54, 1.807) is 60.7 Å². The molecular weight excluding hydrogens is 436 g/mol. The minimum Gasteiger partial charge on any atom is -0.508 e. The van der Waals surface area contributed by atoms with Crippen molar-refractivity contribution in [3.05, 3.63) is 85.5 Å². The van der Waals surface area contributed by atoms with E-state index >= 15 is 0 Å². The number of esters is 1. The SMILES string of the molecule is C=CC(=O)Oc1cccc(Nc2nc(Nc3cccc(O)c3)nc(Nc3cccc(O)c3)n2)c1. The van der Waals surface area contributed by atoms with Gasteiger partial charge in [-0.25, -0.2) is 4.79 Å². The number of hydrogen-bond acceptors (Lipinski definition) is 10. The number of nitrogens with zero attached hydrogens (tertiary/aromatic N) is 3. The molecule has 0 fully saturated rings. The van der Waals surface area contributed by atoms with Crippen molar-refractivity contribution in [3.63, 3.8) is 0 Å². The first-order chi connectivity index (χ1) is 16.5. The number of ether oxygens (including phenoxy) is 1. The largest absolute Gasteiger partial charge is 0.508 e. The van der Waals surface area contributed by atoms with Gasteiger partial charge in [-0.05, 0) is 36.4 Å². The zero-order chi connectivity index (χ0) is 23.9. The number of phenols is 2. The van der Waals surface area contributed by atoms with E-state index in [2.05, 4.69) is 37.5 Å². The Labute approximate surface area is 194 Å². The van der Waals surface area contributed by atoms with Crippen molar-refractivity contribution >= 4 is 40.9 Å². The summed E-state index contributed by atoms with van der Waals surface area (Å²) in [5, 5.41) is 28.6. The number of benzene rings is 3. The number of aromatic nitrogens is 3. The Hall–Kier alpha value is -5.12. The maximum Gasteiger partial charge on any atom is 0.335 e. The van der Waals surface area contributed by atoms with Crippen LogP contribution in [-0.4, -0.2) is 31.1 Å². The Morgan fingerprint density at radius 3 is 1.62 bits per heavy atom. The molecule has 0 amide bonds. The zero-order valence-electron chi connectivity index (χ0n) is 17.8. The second-order valence-electron chi connectivity index (χ2n) is 6.93. The molecule has 0 aliphatic rings. The maximum absolute atomic E-state index is 11.5. The number of nitrogens with one attached hydrogen (secondary N) is 3. The van der Waals surface area contributed by atoms with E-state index < -0.39 is 5.97 Å². The van der Waals surface area contributed by atoms with Gasteiger partial charge in [-0.3, -0.25) is 0 Å². The van der Waals surface area contributed by atoms with Crippen LogP contribution in [0, 0.1) is 0 Å². The molecule has 0 saturated heterocycles. The number of aromatic hydroxyl groups is 2. The van der Waals surface area contributed by atoms with Gasteiger partial charge >= 0.3 is 5.97 Å². The van der Waals surface area contributed by atoms with Crippen LogP contribution in [-0.2, 0) is 4.79 Å². The summed E-state index contributed by atoms with van der Waals surface area (Å²) in [6, 6.07) is 19.7. The van der Waals surface area contributed by atoms with Crippen molar-refractivity contribution < 1.29 is 19.7 Å². The molecule has 4 rings (SSSR count). The normalized spacial score (nSPS) is 10.2. The van der Waals surface area contributed by atoms with Gasteiger partial charge in [0, 0.05) is 41.3 Å². The molecule has 0 saturated carbocycles. The molecule has 4 aromatic rings. The van der Waals surface area contributed by atoms with Gasteiger partial charge in [0.25, 0.3) is 0 Å². The van der Waals surface area contributed by atoms with Gasteiger partial charge in [-0.1, -0.05) is 24.8 Å². The van der Waals surface area contributed by atoms with Gasteiger partial charge < -0.3 is 30.9 Å². The lowest BCUT2D eigenvalue weighted by Gasteiger charge is -2.12. The molecule has 0 bridgehead atoms. The summed E-state index contributed by atoms with van der Waals surface area (Å²) in [7, 11) is 0. The Bertz CT molecular complexity index is 1280. The fourth-order valence-corrected chi connectivity index (χ4v) is 2.89. The highest BCUT2D eigenvalue weighted by Crippen LogP contribution is 2.25. The van der Waals surface area contributed by atoms with Crippen LogP contribution in [0.4, 0.5) is 34.9 Å². The standard InChI is InChI=1S/C24H20N6O4/c1-2-21(33)34-20-11-5-8-17(14-20)27-24-29-22(25-15-6-3-9-18(31)12-15)28-23(30-24)26-16-7-4-10-19(32)13-16/h2-14,31-32H,1H2,(H3,25,26,27,28,29,30). The van der Waals surface area contributed by atoms with E-state index in [1.807, 2.05) is 0 Å². The van der Waals surface area contributed by atoms with Gasteiger partial charge in [0.05, 0.1) is 0 Å². The van der Waals surface area contributed by atoms with Gasteiger partial charge in [0.1, 0.15) is 17.2 Å². The second-order valence-corrected chi connectivity index (χ2v) is 6.93. The van der Waals surface area contributed by atoms with E-state index in [1.165, 1.54) is 12.1 Å². The number of phenolic OH excluding ortho intramolecular Hbond substituents is 2. The molecule has 10 nitrogen and oxygen atoms in total. The van der Waals surface area contributed by atoms with E-state index in [9.17, 15) is 15.0 Å². The Balaban J connectivity index is 1.64. The second kappa shape index (κ2) is 10.0. The first-order valence-corrected chi connectivity index (χ1v) is 10.1. The van der Waals surface area contributed by atoms with Gasteiger partial charge in [0.15, 0.2) is 0 Å². The molecule has 0 radical (unpaired) electrons. The van der Waals surface area contributed by atoms with Crippen LogP contribution >= 0.6 is 0 Å². The summed E-state index contributed by atoms with van der Waals surface area (Å²) in [6.07, 6.45) is 1.07. The van der Waals surface area contributed by atoms with Crippen molar-refractivity contribution in [2.45, 2.75) is 0 Å². The molecule has 0 aliphatic heterocycles. The molecule has 10 heteroatoms. The van der Waals surface area contributed by atoms with Gasteiger partial charge in [0.2, 0.25) is 17.8 Å². The Morgan fingerprint density at radius 1 is 0.735 bits per heavy atom. The van der Waals surface area contributed by atoms with Crippen molar-refractivity contribution in [2.24, 2.45) is 0 Å². The van der Waals surface area contributed by atoms with Gasteiger partial charge in [-0.15, -0.1) is 0 Å². The molecule has 170 valence electrons. The van der Waals surface area contributed by atoms with Crippen LogP contribution < -0.4 is 20.7 Å². The van der Waals surface area contributed by atoms with Crippen molar-refractivity contribution in [2.75, 3.05) is 16.0 Å². The average Bonchev–Trinajstić information content (AvgIpc) is 2.79. The number of hydrogen-bond donors (Lipinski definition) is 5. The molecule has 34 heavy (non-hydrogen) atoms. The molecular formula is C24H20N6O4. The fourth-order valence-electron chi connectivity index (χ4n) is 2.89. The first kappa shape index (κ1) is 22.1. The van der Waals surface area contributed by atoms with Crippen LogP contribution in [0.3, 0.4) is 0 Å². The number of carbonyl (C=O) groups excluding carboxylic acids is 1. The lowest BCUT2D eigenvalue weighted by Crippen LogP contribution is -2.07. The molecule has 1 heterocycles. The quantitative estimate of drug-likeness (QED) is 0.145. The number of carbonyl (C=O) groups is 1. The molecule has 1 aromatic heterocycles. The lowest BCUT2D eigenvalue weighted by molar-refractivity contribution is -0.128. The predicted molar refractivity (Wildman–Crippen MR) is 128 cm³/mol. The lowest BCUT2D eigenvalue weighted by atomic mass is 10.3. The minimum atomic E-state index is -0.576. The van der Waals surface area contributed by atoms with E-state index in [-0.39, 0.29) is 29.3 Å². The first-order valence-electron chi connectivity index (χ1n) is 10.1. The molecule has 0 spiro atoms. The van der Waals surface area contributed by atoms with Crippen molar-refractivity contribution in [1.29, 1.82) is 0 Å². The van der Waals surface area contributed by atoms with Crippen LogP contribution in [0.5, 0.6) is 17.2 Å². The molecule has 0 aliphatic carbocycles. The smallest absolute Gasteiger partial charge is 0.335 e. The highest BCUT2D eigenvalue weighted by atomic mass is 16.5. The van der Waals surface area contributed by atoms with Crippen LogP contribution in [0.25, 0.3) is 0 Å². The maximum atomic E-state index is 11.5. The van der Waals surface area contributed by atoms with Crippen LogP contribution in [0.1, 0.15) is 0 Å².